The van der Waals surface area contributed by atoms with Crippen LogP contribution in [0.3, 0.4) is 0 Å². The number of hydrogen-bond acceptors (Lipinski definition) is 0. The van der Waals surface area contributed by atoms with E-state index in [1.807, 2.05) is 0 Å². The number of halogens is 5. The van der Waals surface area contributed by atoms with E-state index in [-0.39, 0.29) is 35.6 Å². The molecule has 0 nitrogen and oxygen atoms in total. The third-order valence-electron chi connectivity index (χ3n) is 7.41. The van der Waals surface area contributed by atoms with E-state index in [4.69, 9.17) is 0 Å². The molecule has 1 unspecified atom stereocenters. The predicted octanol–water partition coefficient (Wildman–Crippen LogP) is 5.75. The summed E-state index contributed by atoms with van der Waals surface area (Å²) in [5.74, 6) is 1.20. The summed E-state index contributed by atoms with van der Waals surface area (Å²) in [6.45, 7) is 22.5. The fourth-order valence-electron chi connectivity index (χ4n) is 4.99. The molecule has 0 bridgehead atoms. The van der Waals surface area contributed by atoms with E-state index in [1.54, 1.807) is 0 Å². The van der Waals surface area contributed by atoms with Gasteiger partial charge < -0.3 is 24.8 Å². The van der Waals surface area contributed by atoms with Crippen LogP contribution in [0.1, 0.15) is 85.9 Å². The summed E-state index contributed by atoms with van der Waals surface area (Å²) in [4.78, 5) is 0. The first-order valence-electron chi connectivity index (χ1n) is 14.7. The summed E-state index contributed by atoms with van der Waals surface area (Å²) in [5.41, 5.74) is 5.40. The van der Waals surface area contributed by atoms with Crippen LogP contribution < -0.4 is 24.8 Å². The average molecular weight is 734 g/mol. The predicted molar refractivity (Wildman–Crippen MR) is 176 cm³/mol. The zero-order chi connectivity index (χ0) is 32.8. The Morgan fingerprint density at radius 3 is 1.44 bits per heavy atom. The molecule has 0 saturated carbocycles. The molecule has 0 aliphatic heterocycles. The minimum atomic E-state index is -4.23. The van der Waals surface area contributed by atoms with Crippen molar-refractivity contribution in [2.45, 2.75) is 86.2 Å². The van der Waals surface area contributed by atoms with Crippen molar-refractivity contribution < 1.29 is 62.2 Å². The third-order valence-corrected chi connectivity index (χ3v) is 7.41. The molecule has 244 valence electrons. The van der Waals surface area contributed by atoms with E-state index in [9.17, 15) is 13.2 Å². The van der Waals surface area contributed by atoms with Crippen LogP contribution in [-0.4, -0.2) is 4.21 Å². The van der Waals surface area contributed by atoms with Gasteiger partial charge in [-0.1, -0.05) is 122 Å². The summed E-state index contributed by atoms with van der Waals surface area (Å²) in [6.07, 6.45) is 1.45. The van der Waals surface area contributed by atoms with Crippen LogP contribution in [0, 0.1) is 24.0 Å². The standard InChI is InChI=1S/C21H25.C10H15.C7H4F3.CH2.2ClH.Zr/c1-20(2,3)16-9-7-14-11-15-8-10-17(21(4,5)6)13-19(15)18(14)12-16;1-7(2)10-6-8(3)5-9(10)4;8-7(9,10)6-4-2-1-3-5-6;;;;/h7-13H,1-6H3;6-8H,1-4H3;2-5H;1H2;2*1H;/q3*-1;;;;+2/p-2. The molecule has 0 heterocycles. The van der Waals surface area contributed by atoms with Crippen LogP contribution in [0.2, 0.25) is 0 Å². The van der Waals surface area contributed by atoms with Crippen molar-refractivity contribution in [3.63, 3.8) is 0 Å². The van der Waals surface area contributed by atoms with Crippen molar-refractivity contribution in [1.29, 1.82) is 0 Å². The van der Waals surface area contributed by atoms with E-state index in [1.165, 1.54) is 80.2 Å². The van der Waals surface area contributed by atoms with Crippen LogP contribution in [0.5, 0.6) is 0 Å². The van der Waals surface area contributed by atoms with Crippen molar-refractivity contribution >= 4 is 25.8 Å². The maximum absolute atomic E-state index is 11.8. The van der Waals surface area contributed by atoms with Crippen molar-refractivity contribution in [2.75, 3.05) is 0 Å². The van der Waals surface area contributed by atoms with E-state index < -0.39 is 11.7 Å². The molecule has 0 amide bonds. The molecule has 0 radical (unpaired) electrons. The molecule has 4 aromatic carbocycles. The van der Waals surface area contributed by atoms with Gasteiger partial charge in [-0.3, -0.25) is 6.08 Å². The Bertz CT molecular complexity index is 1480. The second-order valence-electron chi connectivity index (χ2n) is 13.4. The fraction of sp³-hybridized carbons (Fsp3) is 0.385. The zero-order valence-electron chi connectivity index (χ0n) is 28.2. The molecule has 6 heteroatoms. The molecule has 1 aliphatic rings. The molecule has 0 N–H and O–H groups in total. The maximum atomic E-state index is 11.8. The Labute approximate surface area is 297 Å². The second kappa shape index (κ2) is 17.9. The van der Waals surface area contributed by atoms with E-state index in [0.717, 1.165) is 12.1 Å². The van der Waals surface area contributed by atoms with Gasteiger partial charge in [-0.2, -0.15) is 55.2 Å². The molecule has 1 aliphatic carbocycles. The molecule has 0 aromatic heterocycles. The van der Waals surface area contributed by atoms with Gasteiger partial charge in [0.2, 0.25) is 0 Å². The first kappa shape index (κ1) is 43.1. The number of alkyl halides is 3. The Kier molecular flexibility index (Phi) is 17.1. The number of benzene rings is 3. The first-order chi connectivity index (χ1) is 19.9. The largest absolute Gasteiger partial charge is 1.00 e. The van der Waals surface area contributed by atoms with Gasteiger partial charge in [0.25, 0.3) is 0 Å². The van der Waals surface area contributed by atoms with E-state index in [0.29, 0.717) is 11.8 Å². The third kappa shape index (κ3) is 12.3. The van der Waals surface area contributed by atoms with Gasteiger partial charge in [0.05, 0.1) is 0 Å². The van der Waals surface area contributed by atoms with Crippen molar-refractivity contribution in [1.82, 2.24) is 0 Å². The number of fused-ring (bicyclic) bond motifs is 3. The zero-order valence-corrected chi connectivity index (χ0v) is 32.1. The topological polar surface area (TPSA) is 0 Å². The van der Waals surface area contributed by atoms with Gasteiger partial charge in [0.1, 0.15) is 0 Å². The summed E-state index contributed by atoms with van der Waals surface area (Å²) < 4.78 is 38.7. The van der Waals surface area contributed by atoms with Gasteiger partial charge in [0, 0.05) is 0 Å². The molecule has 4 aromatic rings. The number of allylic oxidation sites excluding steroid dienone is 4. The summed E-state index contributed by atoms with van der Waals surface area (Å²) in [5, 5.41) is 5.49. The maximum Gasteiger partial charge on any atom is -1.00 e. The van der Waals surface area contributed by atoms with Crippen LogP contribution in [0.25, 0.3) is 21.5 Å². The smallest absolute Gasteiger partial charge is 1.00 e. The fourth-order valence-corrected chi connectivity index (χ4v) is 4.99. The minimum Gasteiger partial charge on any atom is -1.00 e. The van der Waals surface area contributed by atoms with Gasteiger partial charge in [-0.05, 0) is 10.8 Å². The summed E-state index contributed by atoms with van der Waals surface area (Å²) in [7, 11) is 0. The Balaban J connectivity index is 0.000000683. The van der Waals surface area contributed by atoms with Crippen molar-refractivity contribution in [3.05, 3.63) is 113 Å². The van der Waals surface area contributed by atoms with Crippen LogP contribution in [0.15, 0.2) is 84.0 Å². The SMILES string of the molecule is CC(C)(C)c1ccc2[cH-]c3ccc(C(C)(C)C)cc3c2c1.CC1=[C-]C(C)C=C1C(C)C.FC(F)(F)c1cc[c-]cc1.[CH2]=[Zr+2].[Cl-].[Cl-]. The van der Waals surface area contributed by atoms with Crippen molar-refractivity contribution in [2.24, 2.45) is 11.8 Å². The first-order valence-corrected chi connectivity index (χ1v) is 16.5. The van der Waals surface area contributed by atoms with Gasteiger partial charge in [-0.25, -0.2) is 5.57 Å². The average Bonchev–Trinajstić information content (AvgIpc) is 3.47. The molecule has 5 rings (SSSR count). The molecule has 1 atom stereocenters. The van der Waals surface area contributed by atoms with Crippen LogP contribution in [-0.2, 0) is 41.2 Å². The normalized spacial score (nSPS) is 14.4. The van der Waals surface area contributed by atoms with Crippen LogP contribution >= 0.6 is 0 Å². The quantitative estimate of drug-likeness (QED) is 0.219. The molecular formula is C39H46Cl2F3Zr-3. The minimum absolute atomic E-state index is 0. The van der Waals surface area contributed by atoms with Crippen LogP contribution in [0.4, 0.5) is 13.2 Å². The van der Waals surface area contributed by atoms with Gasteiger partial charge >= 0.3 is 34.6 Å². The monoisotopic (exact) mass is 731 g/mol. The number of rotatable bonds is 1. The van der Waals surface area contributed by atoms with Crippen molar-refractivity contribution in [3.8, 4) is 0 Å². The molecule has 0 fully saturated rings. The molecule has 0 saturated heterocycles. The molecule has 0 spiro atoms. The van der Waals surface area contributed by atoms with Gasteiger partial charge in [-0.15, -0.1) is 39.7 Å². The Morgan fingerprint density at radius 1 is 0.756 bits per heavy atom. The summed E-state index contributed by atoms with van der Waals surface area (Å²) in [6, 6.07) is 23.1. The summed E-state index contributed by atoms with van der Waals surface area (Å²) >= 11 is 1.30. The Morgan fingerprint density at radius 2 is 1.18 bits per heavy atom. The Hall–Kier alpha value is -1.87. The van der Waals surface area contributed by atoms with E-state index >= 15 is 0 Å². The second-order valence-corrected chi connectivity index (χ2v) is 13.4. The number of hydrogen-bond donors (Lipinski definition) is 0. The van der Waals surface area contributed by atoms with Gasteiger partial charge in [0.15, 0.2) is 0 Å². The molecular weight excluding hydrogens is 688 g/mol. The molecule has 45 heavy (non-hydrogen) atoms. The van der Waals surface area contributed by atoms with E-state index in [2.05, 4.69) is 134 Å².